The van der Waals surface area contributed by atoms with E-state index in [9.17, 15) is 0 Å². The van der Waals surface area contributed by atoms with Crippen LogP contribution in [0.1, 0.15) is 41.0 Å². The lowest BCUT2D eigenvalue weighted by molar-refractivity contribution is 0.395. The van der Waals surface area contributed by atoms with E-state index in [1.165, 1.54) is 17.9 Å². The maximum Gasteiger partial charge on any atom is 0.00966 e. The maximum absolute atomic E-state index is 3.54. The van der Waals surface area contributed by atoms with E-state index in [-0.39, 0.29) is 5.54 Å². The lowest BCUT2D eigenvalue weighted by atomic mass is 10.1. The SMILES string of the molecule is CCCSCC(C)CNC(C)(C)C. The zero-order valence-electron chi connectivity index (χ0n) is 9.81. The molecule has 1 nitrogen and oxygen atoms in total. The van der Waals surface area contributed by atoms with E-state index in [2.05, 4.69) is 51.7 Å². The van der Waals surface area contributed by atoms with Crippen LogP contribution in [0.15, 0.2) is 0 Å². The predicted molar refractivity (Wildman–Crippen MR) is 64.5 cm³/mol. The molecule has 1 N–H and O–H groups in total. The van der Waals surface area contributed by atoms with Crippen LogP contribution in [0.3, 0.4) is 0 Å². The molecule has 0 bridgehead atoms. The van der Waals surface area contributed by atoms with Gasteiger partial charge < -0.3 is 5.32 Å². The van der Waals surface area contributed by atoms with Gasteiger partial charge in [0.15, 0.2) is 0 Å². The van der Waals surface area contributed by atoms with Gasteiger partial charge in [-0.25, -0.2) is 0 Å². The Morgan fingerprint density at radius 2 is 1.92 bits per heavy atom. The molecule has 2 heteroatoms. The molecule has 0 aliphatic rings. The zero-order chi connectivity index (χ0) is 10.3. The molecule has 0 aromatic carbocycles. The van der Waals surface area contributed by atoms with Crippen molar-refractivity contribution in [3.05, 3.63) is 0 Å². The minimum absolute atomic E-state index is 0.268. The van der Waals surface area contributed by atoms with Crippen molar-refractivity contribution in [2.75, 3.05) is 18.1 Å². The molecule has 0 fully saturated rings. The van der Waals surface area contributed by atoms with Crippen molar-refractivity contribution in [2.24, 2.45) is 5.92 Å². The molecule has 0 heterocycles. The van der Waals surface area contributed by atoms with Gasteiger partial charge in [-0.2, -0.15) is 11.8 Å². The summed E-state index contributed by atoms with van der Waals surface area (Å²) in [5, 5.41) is 3.54. The monoisotopic (exact) mass is 203 g/mol. The van der Waals surface area contributed by atoms with Crippen molar-refractivity contribution < 1.29 is 0 Å². The average Bonchev–Trinajstić information content (AvgIpc) is 2.00. The maximum atomic E-state index is 3.54. The highest BCUT2D eigenvalue weighted by atomic mass is 32.2. The van der Waals surface area contributed by atoms with Crippen LogP contribution in [0.25, 0.3) is 0 Å². The fourth-order valence-electron chi connectivity index (χ4n) is 0.968. The van der Waals surface area contributed by atoms with Crippen molar-refractivity contribution >= 4 is 11.8 Å². The van der Waals surface area contributed by atoms with E-state index in [0.29, 0.717) is 0 Å². The molecule has 0 aromatic rings. The molecule has 0 saturated heterocycles. The Kier molecular flexibility index (Phi) is 6.88. The fraction of sp³-hybridized carbons (Fsp3) is 1.00. The first kappa shape index (κ1) is 13.3. The summed E-state index contributed by atoms with van der Waals surface area (Å²) in [7, 11) is 0. The summed E-state index contributed by atoms with van der Waals surface area (Å²) in [5.74, 6) is 3.38. The smallest absolute Gasteiger partial charge is 0.00966 e. The second-order valence-electron chi connectivity index (χ2n) is 4.81. The first-order valence-electron chi connectivity index (χ1n) is 5.28. The van der Waals surface area contributed by atoms with Gasteiger partial charge in [-0.3, -0.25) is 0 Å². The molecule has 0 aliphatic carbocycles. The molecular weight excluding hydrogens is 178 g/mol. The molecule has 1 atom stereocenters. The third-order valence-electron chi connectivity index (χ3n) is 1.73. The molecule has 13 heavy (non-hydrogen) atoms. The highest BCUT2D eigenvalue weighted by Crippen LogP contribution is 2.09. The van der Waals surface area contributed by atoms with Crippen LogP contribution in [0, 0.1) is 5.92 Å². The Balaban J connectivity index is 3.35. The van der Waals surface area contributed by atoms with Crippen LogP contribution >= 0.6 is 11.8 Å². The first-order chi connectivity index (χ1) is 5.95. The van der Waals surface area contributed by atoms with Gasteiger partial charge in [0.2, 0.25) is 0 Å². The Bertz CT molecular complexity index is 118. The Labute approximate surface area is 88.1 Å². The minimum Gasteiger partial charge on any atom is -0.312 e. The van der Waals surface area contributed by atoms with E-state index in [0.717, 1.165) is 12.5 Å². The van der Waals surface area contributed by atoms with Crippen LogP contribution in [0.2, 0.25) is 0 Å². The van der Waals surface area contributed by atoms with Crippen molar-refractivity contribution in [1.29, 1.82) is 0 Å². The molecule has 0 aliphatic heterocycles. The van der Waals surface area contributed by atoms with Gasteiger partial charge in [0.25, 0.3) is 0 Å². The van der Waals surface area contributed by atoms with Crippen molar-refractivity contribution in [3.8, 4) is 0 Å². The fourth-order valence-corrected chi connectivity index (χ4v) is 1.94. The summed E-state index contributed by atoms with van der Waals surface area (Å²) in [6.07, 6.45) is 1.30. The molecule has 0 amide bonds. The number of rotatable bonds is 6. The molecule has 0 spiro atoms. The summed E-state index contributed by atoms with van der Waals surface area (Å²) in [4.78, 5) is 0. The van der Waals surface area contributed by atoms with E-state index < -0.39 is 0 Å². The van der Waals surface area contributed by atoms with Crippen molar-refractivity contribution in [3.63, 3.8) is 0 Å². The Hall–Kier alpha value is 0.310. The quantitative estimate of drug-likeness (QED) is 0.666. The van der Waals surface area contributed by atoms with E-state index in [1.807, 2.05) is 0 Å². The van der Waals surface area contributed by atoms with Crippen molar-refractivity contribution in [1.82, 2.24) is 5.32 Å². The van der Waals surface area contributed by atoms with E-state index >= 15 is 0 Å². The first-order valence-corrected chi connectivity index (χ1v) is 6.44. The second-order valence-corrected chi connectivity index (χ2v) is 5.96. The van der Waals surface area contributed by atoms with Gasteiger partial charge in [-0.15, -0.1) is 0 Å². The Morgan fingerprint density at radius 1 is 1.31 bits per heavy atom. The summed E-state index contributed by atoms with van der Waals surface area (Å²) in [6, 6.07) is 0. The molecule has 0 radical (unpaired) electrons. The summed E-state index contributed by atoms with van der Waals surface area (Å²) >= 11 is 2.07. The summed E-state index contributed by atoms with van der Waals surface area (Å²) < 4.78 is 0. The van der Waals surface area contributed by atoms with Gasteiger partial charge in [-0.1, -0.05) is 13.8 Å². The lowest BCUT2D eigenvalue weighted by Crippen LogP contribution is -2.39. The number of thioether (sulfide) groups is 1. The predicted octanol–water partition coefficient (Wildman–Crippen LogP) is 3.15. The molecule has 80 valence electrons. The number of nitrogens with one attached hydrogen (secondary N) is 1. The van der Waals surface area contributed by atoms with E-state index in [1.54, 1.807) is 0 Å². The second kappa shape index (κ2) is 6.72. The van der Waals surface area contributed by atoms with E-state index in [4.69, 9.17) is 0 Å². The highest BCUT2D eigenvalue weighted by Gasteiger charge is 2.10. The highest BCUT2D eigenvalue weighted by molar-refractivity contribution is 7.99. The summed E-state index contributed by atoms with van der Waals surface area (Å²) in [6.45, 7) is 12.4. The van der Waals surface area contributed by atoms with Crippen LogP contribution in [-0.2, 0) is 0 Å². The Morgan fingerprint density at radius 3 is 2.38 bits per heavy atom. The molecule has 1 unspecified atom stereocenters. The minimum atomic E-state index is 0.268. The summed E-state index contributed by atoms with van der Waals surface area (Å²) in [5.41, 5.74) is 0.268. The van der Waals surface area contributed by atoms with Crippen LogP contribution < -0.4 is 5.32 Å². The standard InChI is InChI=1S/C11H25NS/c1-6-7-13-9-10(2)8-12-11(3,4)5/h10,12H,6-9H2,1-5H3. The van der Waals surface area contributed by atoms with Gasteiger partial charge >= 0.3 is 0 Å². The topological polar surface area (TPSA) is 12.0 Å². The third kappa shape index (κ3) is 10.2. The van der Waals surface area contributed by atoms with Gasteiger partial charge in [-0.05, 0) is 51.2 Å². The average molecular weight is 203 g/mol. The number of hydrogen-bond donors (Lipinski definition) is 1. The van der Waals surface area contributed by atoms with Gasteiger partial charge in [0.05, 0.1) is 0 Å². The lowest BCUT2D eigenvalue weighted by Gasteiger charge is -2.23. The van der Waals surface area contributed by atoms with Crippen LogP contribution in [0.5, 0.6) is 0 Å². The largest absolute Gasteiger partial charge is 0.312 e. The number of hydrogen-bond acceptors (Lipinski definition) is 2. The molecular formula is C11H25NS. The van der Waals surface area contributed by atoms with Crippen LogP contribution in [-0.4, -0.2) is 23.6 Å². The van der Waals surface area contributed by atoms with Crippen LogP contribution in [0.4, 0.5) is 0 Å². The van der Waals surface area contributed by atoms with Gasteiger partial charge in [0.1, 0.15) is 0 Å². The third-order valence-corrected chi connectivity index (χ3v) is 3.23. The van der Waals surface area contributed by atoms with Gasteiger partial charge in [0, 0.05) is 5.54 Å². The van der Waals surface area contributed by atoms with Crippen molar-refractivity contribution in [2.45, 2.75) is 46.6 Å². The normalized spacial score (nSPS) is 14.5. The molecule has 0 aromatic heterocycles. The molecule has 0 rings (SSSR count). The zero-order valence-corrected chi connectivity index (χ0v) is 10.6. The molecule has 0 saturated carbocycles.